The molecule has 2 nitrogen and oxygen atoms in total. The van der Waals surface area contributed by atoms with Crippen LogP contribution >= 0.6 is 15.9 Å². The lowest BCUT2D eigenvalue weighted by molar-refractivity contribution is 0.240. The van der Waals surface area contributed by atoms with Gasteiger partial charge in [0.1, 0.15) is 5.75 Å². The molecule has 1 N–H and O–H groups in total. The van der Waals surface area contributed by atoms with Gasteiger partial charge in [0.15, 0.2) is 0 Å². The number of halogens is 1. The summed E-state index contributed by atoms with van der Waals surface area (Å²) in [4.78, 5) is 0. The van der Waals surface area contributed by atoms with Gasteiger partial charge in [-0.25, -0.2) is 0 Å². The van der Waals surface area contributed by atoms with E-state index in [1.165, 1.54) is 5.56 Å². The van der Waals surface area contributed by atoms with E-state index in [4.69, 9.17) is 4.74 Å². The van der Waals surface area contributed by atoms with Gasteiger partial charge >= 0.3 is 0 Å². The number of nitrogens with one attached hydrogen (secondary N) is 1. The molecule has 0 aromatic heterocycles. The van der Waals surface area contributed by atoms with Gasteiger partial charge in [-0.3, -0.25) is 0 Å². The Balaban J connectivity index is 2.95. The highest BCUT2D eigenvalue weighted by molar-refractivity contribution is 9.10. The number of hydrogen-bond donors (Lipinski definition) is 1. The molecule has 0 bridgehead atoms. The van der Waals surface area contributed by atoms with E-state index < -0.39 is 0 Å². The van der Waals surface area contributed by atoms with Crippen molar-refractivity contribution in [2.45, 2.75) is 39.2 Å². The number of ether oxygens (including phenoxy) is 1. The van der Waals surface area contributed by atoms with Gasteiger partial charge in [-0.2, -0.15) is 0 Å². The van der Waals surface area contributed by atoms with Crippen LogP contribution in [0.15, 0.2) is 22.7 Å². The van der Waals surface area contributed by atoms with E-state index in [2.05, 4.69) is 47.2 Å². The maximum Gasteiger partial charge on any atom is 0.133 e. The fraction of sp³-hybridized carbons (Fsp3) is 0.571. The zero-order chi connectivity index (χ0) is 13.1. The van der Waals surface area contributed by atoms with Crippen LogP contribution in [0.1, 0.15) is 33.3 Å². The Hall–Kier alpha value is -0.540. The van der Waals surface area contributed by atoms with E-state index in [9.17, 15) is 0 Å². The molecule has 0 radical (unpaired) electrons. The second-order valence-corrected chi connectivity index (χ2v) is 6.08. The SMILES string of the molecule is CNCC(C)(C)c1ccc(OC(C)C)c(Br)c1. The van der Waals surface area contributed by atoms with E-state index in [1.54, 1.807) is 0 Å². The quantitative estimate of drug-likeness (QED) is 0.894. The summed E-state index contributed by atoms with van der Waals surface area (Å²) in [5.74, 6) is 0.906. The predicted octanol–water partition coefficient (Wildman–Crippen LogP) is 3.73. The summed E-state index contributed by atoms with van der Waals surface area (Å²) in [7, 11) is 1.98. The topological polar surface area (TPSA) is 21.3 Å². The molecule has 0 spiro atoms. The highest BCUT2D eigenvalue weighted by atomic mass is 79.9. The molecule has 96 valence electrons. The highest BCUT2D eigenvalue weighted by Crippen LogP contribution is 2.32. The fourth-order valence-corrected chi connectivity index (χ4v) is 2.29. The predicted molar refractivity (Wildman–Crippen MR) is 76.9 cm³/mol. The van der Waals surface area contributed by atoms with E-state index in [1.807, 2.05) is 27.0 Å². The number of hydrogen-bond acceptors (Lipinski definition) is 2. The van der Waals surface area contributed by atoms with Gasteiger partial charge in [-0.05, 0) is 54.5 Å². The smallest absolute Gasteiger partial charge is 0.133 e. The summed E-state index contributed by atoms with van der Waals surface area (Å²) in [6.45, 7) is 9.48. The molecular weight excluding hydrogens is 278 g/mol. The van der Waals surface area contributed by atoms with Crippen molar-refractivity contribution in [3.8, 4) is 5.75 Å². The lowest BCUT2D eigenvalue weighted by atomic mass is 9.84. The Morgan fingerprint density at radius 2 is 2.00 bits per heavy atom. The molecule has 0 aliphatic rings. The van der Waals surface area contributed by atoms with Crippen molar-refractivity contribution in [2.75, 3.05) is 13.6 Å². The zero-order valence-electron chi connectivity index (χ0n) is 11.3. The van der Waals surface area contributed by atoms with Gasteiger partial charge in [-0.1, -0.05) is 19.9 Å². The van der Waals surface area contributed by atoms with E-state index >= 15 is 0 Å². The molecule has 3 heteroatoms. The van der Waals surface area contributed by atoms with Crippen molar-refractivity contribution in [3.63, 3.8) is 0 Å². The molecule has 0 aliphatic heterocycles. The second-order valence-electron chi connectivity index (χ2n) is 5.23. The summed E-state index contributed by atoms with van der Waals surface area (Å²) >= 11 is 3.57. The van der Waals surface area contributed by atoms with Gasteiger partial charge in [0.2, 0.25) is 0 Å². The third-order valence-corrected chi connectivity index (χ3v) is 3.31. The van der Waals surface area contributed by atoms with Crippen molar-refractivity contribution in [2.24, 2.45) is 0 Å². The van der Waals surface area contributed by atoms with Crippen molar-refractivity contribution in [3.05, 3.63) is 28.2 Å². The summed E-state index contributed by atoms with van der Waals surface area (Å²) in [5, 5.41) is 3.23. The molecule has 0 fully saturated rings. The minimum Gasteiger partial charge on any atom is -0.490 e. The first kappa shape index (κ1) is 14.5. The van der Waals surface area contributed by atoms with Crippen molar-refractivity contribution < 1.29 is 4.74 Å². The van der Waals surface area contributed by atoms with Crippen LogP contribution in [-0.4, -0.2) is 19.7 Å². The summed E-state index contributed by atoms with van der Waals surface area (Å²) in [6.07, 6.45) is 0.197. The average Bonchev–Trinajstić information content (AvgIpc) is 2.20. The van der Waals surface area contributed by atoms with Gasteiger partial charge in [-0.15, -0.1) is 0 Å². The molecule has 0 saturated heterocycles. The Kier molecular flexibility index (Phi) is 5.02. The molecule has 1 aromatic rings. The standard InChI is InChI=1S/C14H22BrNO/c1-10(2)17-13-7-6-11(8-12(13)15)14(3,4)9-16-5/h6-8,10,16H,9H2,1-5H3. The van der Waals surface area contributed by atoms with Crippen LogP contribution in [0, 0.1) is 0 Å². The highest BCUT2D eigenvalue weighted by Gasteiger charge is 2.20. The second kappa shape index (κ2) is 5.87. The molecular formula is C14H22BrNO. The van der Waals surface area contributed by atoms with Crippen LogP contribution in [0.5, 0.6) is 5.75 Å². The fourth-order valence-electron chi connectivity index (χ4n) is 1.82. The first-order chi connectivity index (χ1) is 7.86. The van der Waals surface area contributed by atoms with E-state index in [0.29, 0.717) is 0 Å². The molecule has 0 aliphatic carbocycles. The monoisotopic (exact) mass is 299 g/mol. The summed E-state index contributed by atoms with van der Waals surface area (Å²) in [5.41, 5.74) is 1.42. The van der Waals surface area contributed by atoms with Crippen LogP contribution in [0.4, 0.5) is 0 Å². The zero-order valence-corrected chi connectivity index (χ0v) is 12.9. The number of rotatable bonds is 5. The third kappa shape index (κ3) is 4.00. The summed E-state index contributed by atoms with van der Waals surface area (Å²) in [6, 6.07) is 6.33. The first-order valence-corrected chi connectivity index (χ1v) is 6.77. The average molecular weight is 300 g/mol. The lowest BCUT2D eigenvalue weighted by Gasteiger charge is -2.25. The molecule has 1 aromatic carbocycles. The summed E-state index contributed by atoms with van der Waals surface area (Å²) < 4.78 is 6.73. The van der Waals surface area contributed by atoms with Gasteiger partial charge in [0.05, 0.1) is 10.6 Å². The largest absolute Gasteiger partial charge is 0.490 e. The lowest BCUT2D eigenvalue weighted by Crippen LogP contribution is -2.30. The minimum absolute atomic E-state index is 0.119. The van der Waals surface area contributed by atoms with Crippen molar-refractivity contribution in [1.82, 2.24) is 5.32 Å². The number of benzene rings is 1. The molecule has 0 atom stereocenters. The van der Waals surface area contributed by atoms with Crippen LogP contribution in [0.25, 0.3) is 0 Å². The van der Waals surface area contributed by atoms with Crippen molar-refractivity contribution in [1.29, 1.82) is 0 Å². The Labute approximate surface area is 113 Å². The Bertz CT molecular complexity index is 374. The molecule has 1 rings (SSSR count). The third-order valence-electron chi connectivity index (χ3n) is 2.69. The van der Waals surface area contributed by atoms with Crippen molar-refractivity contribution >= 4 is 15.9 Å². The van der Waals surface area contributed by atoms with Crippen LogP contribution in [0.3, 0.4) is 0 Å². The molecule has 0 unspecified atom stereocenters. The Morgan fingerprint density at radius 3 is 2.47 bits per heavy atom. The maximum absolute atomic E-state index is 5.71. The molecule has 0 heterocycles. The molecule has 0 amide bonds. The van der Waals surface area contributed by atoms with Gasteiger partial charge < -0.3 is 10.1 Å². The van der Waals surface area contributed by atoms with Crippen LogP contribution in [0.2, 0.25) is 0 Å². The maximum atomic E-state index is 5.71. The van der Waals surface area contributed by atoms with Gasteiger partial charge in [0, 0.05) is 12.0 Å². The minimum atomic E-state index is 0.119. The van der Waals surface area contributed by atoms with Crippen LogP contribution < -0.4 is 10.1 Å². The first-order valence-electron chi connectivity index (χ1n) is 5.98. The Morgan fingerprint density at radius 1 is 1.35 bits per heavy atom. The number of likely N-dealkylation sites (N-methyl/N-ethyl adjacent to an activating group) is 1. The van der Waals surface area contributed by atoms with E-state index in [-0.39, 0.29) is 11.5 Å². The normalized spacial score (nSPS) is 11.9. The molecule has 0 saturated carbocycles. The van der Waals surface area contributed by atoms with Gasteiger partial charge in [0.25, 0.3) is 0 Å². The van der Waals surface area contributed by atoms with Crippen LogP contribution in [-0.2, 0) is 5.41 Å². The van der Waals surface area contributed by atoms with E-state index in [0.717, 1.165) is 16.8 Å². The molecule has 17 heavy (non-hydrogen) atoms.